The van der Waals surface area contributed by atoms with E-state index in [0.717, 1.165) is 75.2 Å². The van der Waals surface area contributed by atoms with E-state index in [1.54, 1.807) is 26.2 Å². The Morgan fingerprint density at radius 3 is 1.03 bits per heavy atom. The fourth-order valence-corrected chi connectivity index (χ4v) is 11.8. The molecule has 5 aromatic carbocycles. The molecule has 0 spiro atoms. The van der Waals surface area contributed by atoms with E-state index in [4.69, 9.17) is 14.6 Å². The normalized spacial score (nSPS) is 15.5. The van der Waals surface area contributed by atoms with Gasteiger partial charge < -0.3 is 40.3 Å². The fourth-order valence-electron chi connectivity index (χ4n) is 11.8. The third-order valence-corrected chi connectivity index (χ3v) is 16.9. The molecule has 4 N–H and O–H groups in total. The van der Waals surface area contributed by atoms with Crippen LogP contribution in [0.4, 0.5) is 21.0 Å². The summed E-state index contributed by atoms with van der Waals surface area (Å²) >= 11 is 0. The van der Waals surface area contributed by atoms with Gasteiger partial charge in [0.15, 0.2) is 5.78 Å². The number of aliphatic hydroxyl groups is 1. The third kappa shape index (κ3) is 17.1. The second kappa shape index (κ2) is 31.4. The minimum Gasteiger partial charge on any atom is -0.462 e. The number of aliphatic hydroxyl groups excluding tert-OH is 1. The van der Waals surface area contributed by atoms with E-state index >= 15 is 0 Å². The first-order valence-electron chi connectivity index (χ1n) is 30.4. The number of nitrogens with one attached hydrogen (secondary N) is 3. The van der Waals surface area contributed by atoms with Crippen LogP contribution in [0.1, 0.15) is 118 Å². The van der Waals surface area contributed by atoms with Crippen LogP contribution in [0.25, 0.3) is 0 Å². The number of carbonyl (C=O) groups excluding carboxylic acids is 5. The van der Waals surface area contributed by atoms with Gasteiger partial charge in [-0.05, 0) is 106 Å². The molecule has 11 rings (SSSR count). The van der Waals surface area contributed by atoms with Gasteiger partial charge in [-0.2, -0.15) is 0 Å². The lowest BCUT2D eigenvalue weighted by Crippen LogP contribution is -2.47. The molecule has 0 unspecified atom stereocenters. The lowest BCUT2D eigenvalue weighted by atomic mass is 9.70. The number of urea groups is 2. The molecule has 0 radical (unpaired) electrons. The van der Waals surface area contributed by atoms with Crippen LogP contribution in [0.2, 0.25) is 0 Å². The smallest absolute Gasteiger partial charge is 0.341 e. The molecule has 19 nitrogen and oxygen atoms in total. The summed E-state index contributed by atoms with van der Waals surface area (Å²) in [6, 6.07) is 50.0. The molecule has 460 valence electrons. The number of ketones is 1. The number of hydrogen-bond donors (Lipinski definition) is 4. The number of likely N-dealkylation sites (tertiary alicyclic amines) is 2. The lowest BCUT2D eigenvalue weighted by molar-refractivity contribution is 0.0515. The number of ether oxygens (including phenoxy) is 2. The number of para-hydroxylation sites is 2. The molecule has 3 aliphatic heterocycles. The number of nitrogens with zero attached hydrogens (tertiary/aromatic N) is 8. The zero-order chi connectivity index (χ0) is 62.3. The first-order chi connectivity index (χ1) is 43.4. The van der Waals surface area contributed by atoms with Gasteiger partial charge in [0.1, 0.15) is 24.1 Å². The van der Waals surface area contributed by atoms with Gasteiger partial charge in [-0.1, -0.05) is 127 Å². The molecule has 0 bridgehead atoms. The molecule has 4 amide bonds. The van der Waals surface area contributed by atoms with Crippen molar-refractivity contribution in [3.63, 3.8) is 0 Å². The number of rotatable bonds is 17. The molecule has 0 saturated carbocycles. The Bertz CT molecular complexity index is 3510. The summed E-state index contributed by atoms with van der Waals surface area (Å²) in [4.78, 5) is 91.0. The zero-order valence-corrected chi connectivity index (χ0v) is 50.5. The molecular weight excluding hydrogens is 1120 g/mol. The van der Waals surface area contributed by atoms with E-state index in [9.17, 15) is 24.0 Å². The fraction of sp³-hybridized carbons (Fsp3) is 0.329. The van der Waals surface area contributed by atoms with Crippen molar-refractivity contribution in [2.75, 3.05) is 69.7 Å². The molecule has 0 aliphatic carbocycles. The quantitative estimate of drug-likeness (QED) is 0.0489. The maximum Gasteiger partial charge on any atom is 0.341 e. The van der Waals surface area contributed by atoms with Crippen molar-refractivity contribution in [2.24, 2.45) is 0 Å². The van der Waals surface area contributed by atoms with E-state index in [2.05, 4.69) is 94.4 Å². The highest BCUT2D eigenvalue weighted by atomic mass is 16.5. The first-order valence-corrected chi connectivity index (χ1v) is 30.4. The van der Waals surface area contributed by atoms with E-state index < -0.39 is 18.4 Å². The van der Waals surface area contributed by atoms with Crippen molar-refractivity contribution in [3.8, 4) is 0 Å². The van der Waals surface area contributed by atoms with Gasteiger partial charge in [0.05, 0.1) is 29.9 Å². The number of anilines is 2. The summed E-state index contributed by atoms with van der Waals surface area (Å²) in [6.07, 6.45) is 16.4. The molecule has 3 aliphatic rings. The molecule has 19 heteroatoms. The number of carbonyl (C=O) groups is 5. The van der Waals surface area contributed by atoms with Gasteiger partial charge >= 0.3 is 24.0 Å². The first kappa shape index (κ1) is 63.9. The summed E-state index contributed by atoms with van der Waals surface area (Å²) in [5, 5.41) is 18.4. The minimum atomic E-state index is -0.558. The Kier molecular flexibility index (Phi) is 22.5. The van der Waals surface area contributed by atoms with Crippen LogP contribution in [0.3, 0.4) is 0 Å². The van der Waals surface area contributed by atoms with E-state index in [0.29, 0.717) is 80.6 Å². The van der Waals surface area contributed by atoms with Gasteiger partial charge in [0.2, 0.25) is 0 Å². The summed E-state index contributed by atoms with van der Waals surface area (Å²) in [5.74, 6) is 0.906. The average Bonchev–Trinajstić information content (AvgIpc) is 1.53. The highest BCUT2D eigenvalue weighted by Gasteiger charge is 2.40. The van der Waals surface area contributed by atoms with Crippen LogP contribution in [0, 0.1) is 0 Å². The van der Waals surface area contributed by atoms with Crippen molar-refractivity contribution >= 4 is 41.2 Å². The summed E-state index contributed by atoms with van der Waals surface area (Å²) in [6.45, 7) is 8.16. The topological polar surface area (TPSA) is 244 Å². The number of piperidine rings is 3. The molecule has 89 heavy (non-hydrogen) atoms. The summed E-state index contributed by atoms with van der Waals surface area (Å²) in [7, 11) is 0. The molecule has 6 heterocycles. The number of esters is 2. The van der Waals surface area contributed by atoms with E-state index in [1.807, 2.05) is 113 Å². The highest BCUT2D eigenvalue weighted by molar-refractivity contribution is 5.96. The van der Waals surface area contributed by atoms with Crippen molar-refractivity contribution < 1.29 is 38.6 Å². The Hall–Kier alpha value is -9.59. The van der Waals surface area contributed by atoms with Gasteiger partial charge in [-0.15, -0.1) is 0 Å². The minimum absolute atomic E-state index is 0.0535. The van der Waals surface area contributed by atoms with Gasteiger partial charge in [0.25, 0.3) is 0 Å². The number of benzene rings is 5. The van der Waals surface area contributed by atoms with Crippen molar-refractivity contribution in [1.82, 2.24) is 45.0 Å². The molecule has 3 fully saturated rings. The largest absolute Gasteiger partial charge is 0.462 e. The van der Waals surface area contributed by atoms with Crippen molar-refractivity contribution in [1.29, 1.82) is 0 Å². The van der Waals surface area contributed by atoms with Crippen LogP contribution in [0.5, 0.6) is 0 Å². The van der Waals surface area contributed by atoms with Gasteiger partial charge in [-0.3, -0.25) is 4.79 Å². The van der Waals surface area contributed by atoms with Crippen LogP contribution in [-0.4, -0.2) is 134 Å². The third-order valence-electron chi connectivity index (χ3n) is 16.9. The number of amides is 4. The molecule has 0 atom stereocenters. The van der Waals surface area contributed by atoms with E-state index in [1.165, 1.54) is 41.5 Å². The standard InChI is InChI=1S/C26H28N4O3.C25H26N4O3.C19H23N3O2/c1-2-33-24(31)20-18-27-23(28-19-20)17-26(21-9-5-3-6-10-21)13-15-30(16-14-26)25(32)29-22-11-7-4-8-12-22;30-18-22(31)19-16-26-23(27-17-19)15-25(20-7-3-1-4-8-20)11-13-29(14-12-25)24(32)28-21-9-5-2-6-10-21;1-2-24-18(23)15-13-21-17(22-14-15)12-19(8-10-20-11-9-19)16-6-4-3-5-7-16/h3-12,18-19H,2,13-17H2,1H3,(H,29,32);1-10,16-17,30H,11-15,18H2,(H,28,32);3-7,13-14,20H,2,8-12H2,1H3. The maximum absolute atomic E-state index is 12.8. The van der Waals surface area contributed by atoms with E-state index in [-0.39, 0.29) is 34.3 Å². The number of aromatic nitrogens is 6. The number of hydrogen-bond acceptors (Lipinski definition) is 15. The van der Waals surface area contributed by atoms with Crippen LogP contribution < -0.4 is 16.0 Å². The maximum atomic E-state index is 12.8. The Balaban J connectivity index is 0.000000161. The lowest BCUT2D eigenvalue weighted by Gasteiger charge is -2.42. The molecule has 3 aromatic heterocycles. The SMILES string of the molecule is CCOC(=O)c1cnc(CC2(c3ccccc3)CCN(C(=O)Nc3ccccc3)CC2)nc1.CCOC(=O)c1cnc(CC2(c3ccccc3)CCNCC2)nc1.O=C(CO)c1cnc(CC2(c3ccccc3)CCN(C(=O)Nc3ccccc3)CC2)nc1. The summed E-state index contributed by atoms with van der Waals surface area (Å²) in [5.41, 5.74) is 6.04. The Morgan fingerprint density at radius 1 is 0.438 bits per heavy atom. The van der Waals surface area contributed by atoms with Gasteiger partial charge in [-0.25, -0.2) is 49.1 Å². The predicted octanol–water partition coefficient (Wildman–Crippen LogP) is 10.4. The van der Waals surface area contributed by atoms with Crippen LogP contribution in [0.15, 0.2) is 189 Å². The van der Waals surface area contributed by atoms with Crippen LogP contribution >= 0.6 is 0 Å². The van der Waals surface area contributed by atoms with Crippen molar-refractivity contribution in [2.45, 2.75) is 87.9 Å². The van der Waals surface area contributed by atoms with Crippen molar-refractivity contribution in [3.05, 3.63) is 240 Å². The molecule has 8 aromatic rings. The Morgan fingerprint density at radius 2 is 0.730 bits per heavy atom. The molecule has 3 saturated heterocycles. The second-order valence-electron chi connectivity index (χ2n) is 22.5. The Labute approximate surface area is 519 Å². The van der Waals surface area contributed by atoms with Crippen LogP contribution in [-0.2, 0) is 45.0 Å². The number of Topliss-reactive ketones (excluding diaryl/α,β-unsaturated/α-hetero) is 1. The second-order valence-corrected chi connectivity index (χ2v) is 22.5. The average molecular weight is 1200 g/mol. The zero-order valence-electron chi connectivity index (χ0n) is 50.5. The highest BCUT2D eigenvalue weighted by Crippen LogP contribution is 2.40. The predicted molar refractivity (Wildman–Crippen MR) is 340 cm³/mol. The molecular formula is C70H77N11O8. The van der Waals surface area contributed by atoms with Gasteiger partial charge in [0, 0.05) is 110 Å². The monoisotopic (exact) mass is 1200 g/mol. The summed E-state index contributed by atoms with van der Waals surface area (Å²) < 4.78 is 10.0.